The number of carbonyl (C=O) groups is 3. The molecule has 0 aromatic heterocycles. The maximum Gasteiger partial charge on any atom is 0.306 e. The molecule has 3 saturated carbocycles. The molecule has 0 aromatic rings. The molecule has 4 aliphatic carbocycles. The van der Waals surface area contributed by atoms with Gasteiger partial charge in [0.05, 0.1) is 5.92 Å². The fourth-order valence-corrected chi connectivity index (χ4v) is 7.76. The summed E-state index contributed by atoms with van der Waals surface area (Å²) in [7, 11) is 0. The van der Waals surface area contributed by atoms with Crippen LogP contribution in [0.2, 0.25) is 0 Å². The van der Waals surface area contributed by atoms with Crippen LogP contribution in [0.1, 0.15) is 91.4 Å². The lowest BCUT2D eigenvalue weighted by Gasteiger charge is -2.53. The lowest BCUT2D eigenvalue weighted by Crippen LogP contribution is -2.47. The van der Waals surface area contributed by atoms with Crippen molar-refractivity contribution in [1.29, 1.82) is 0 Å². The van der Waals surface area contributed by atoms with Gasteiger partial charge < -0.3 is 4.74 Å². The topological polar surface area (TPSA) is 60.4 Å². The van der Waals surface area contributed by atoms with Gasteiger partial charge in [0.2, 0.25) is 0 Å². The number of esters is 1. The molecule has 30 heavy (non-hydrogen) atoms. The number of unbranched alkanes of at least 4 members (excludes halogenated alkanes) is 2. The summed E-state index contributed by atoms with van der Waals surface area (Å²) < 4.78 is 5.97. The van der Waals surface area contributed by atoms with Crippen LogP contribution >= 0.6 is 0 Å². The molecule has 4 nitrogen and oxygen atoms in total. The SMILES string of the molecule is CCCCCC(=O)O[C@@H]1CC2C3CCC4=CC(=O)CCC4C3CCC2(C)C1C(C)=O. The van der Waals surface area contributed by atoms with Crippen LogP contribution in [-0.4, -0.2) is 23.6 Å². The maximum absolute atomic E-state index is 12.7. The first-order valence-corrected chi connectivity index (χ1v) is 12.3. The fourth-order valence-electron chi connectivity index (χ4n) is 7.76. The molecule has 4 rings (SSSR count). The van der Waals surface area contributed by atoms with E-state index in [9.17, 15) is 14.4 Å². The molecule has 0 amide bonds. The molecule has 0 aliphatic heterocycles. The van der Waals surface area contributed by atoms with E-state index in [1.165, 1.54) is 5.57 Å². The minimum Gasteiger partial charge on any atom is -0.462 e. The molecule has 0 spiro atoms. The highest BCUT2D eigenvalue weighted by molar-refractivity contribution is 5.91. The van der Waals surface area contributed by atoms with Crippen LogP contribution in [0.15, 0.2) is 11.6 Å². The summed E-state index contributed by atoms with van der Waals surface area (Å²) in [6.07, 6.45) is 12.0. The van der Waals surface area contributed by atoms with Crippen molar-refractivity contribution in [3.63, 3.8) is 0 Å². The molecular weight excluding hydrogens is 376 g/mol. The largest absolute Gasteiger partial charge is 0.462 e. The van der Waals surface area contributed by atoms with Gasteiger partial charge in [0.15, 0.2) is 5.78 Å². The van der Waals surface area contributed by atoms with E-state index < -0.39 is 0 Å². The summed E-state index contributed by atoms with van der Waals surface area (Å²) in [6.45, 7) is 6.11. The quantitative estimate of drug-likeness (QED) is 0.429. The number of hydrogen-bond donors (Lipinski definition) is 0. The Morgan fingerprint density at radius 1 is 1.13 bits per heavy atom. The number of carbonyl (C=O) groups excluding carboxylic acids is 3. The second kappa shape index (κ2) is 8.59. The van der Waals surface area contributed by atoms with Gasteiger partial charge in [0.1, 0.15) is 11.9 Å². The third-order valence-corrected chi connectivity index (χ3v) is 9.01. The van der Waals surface area contributed by atoms with Crippen molar-refractivity contribution < 1.29 is 19.1 Å². The first kappa shape index (κ1) is 21.8. The van der Waals surface area contributed by atoms with Crippen LogP contribution in [0, 0.1) is 35.0 Å². The fraction of sp³-hybridized carbons (Fsp3) is 0.808. The van der Waals surface area contributed by atoms with Crippen molar-refractivity contribution in [3.8, 4) is 0 Å². The first-order chi connectivity index (χ1) is 14.3. The molecule has 3 fully saturated rings. The zero-order valence-corrected chi connectivity index (χ0v) is 19.0. The highest BCUT2D eigenvalue weighted by Gasteiger charge is 2.61. The van der Waals surface area contributed by atoms with Crippen LogP contribution in [0.3, 0.4) is 0 Å². The third-order valence-electron chi connectivity index (χ3n) is 9.01. The van der Waals surface area contributed by atoms with Gasteiger partial charge in [-0.3, -0.25) is 14.4 Å². The van der Waals surface area contributed by atoms with Gasteiger partial charge in [-0.25, -0.2) is 0 Å². The molecule has 166 valence electrons. The lowest BCUT2D eigenvalue weighted by atomic mass is 9.51. The summed E-state index contributed by atoms with van der Waals surface area (Å²) in [5.41, 5.74) is 1.32. The monoisotopic (exact) mass is 414 g/mol. The number of ether oxygens (including phenoxy) is 1. The zero-order chi connectivity index (χ0) is 21.5. The molecule has 0 heterocycles. The minimum absolute atomic E-state index is 0.0624. The minimum atomic E-state index is -0.254. The molecule has 0 saturated heterocycles. The summed E-state index contributed by atoms with van der Waals surface area (Å²) in [4.78, 5) is 37.1. The molecule has 4 heteroatoms. The second-order valence-corrected chi connectivity index (χ2v) is 10.7. The number of Topliss-reactive ketones (excluding diaryl/α,β-unsaturated/α-hetero) is 1. The Labute approximate surface area is 181 Å². The van der Waals surface area contributed by atoms with Crippen LogP contribution in [0.4, 0.5) is 0 Å². The van der Waals surface area contributed by atoms with Gasteiger partial charge in [-0.1, -0.05) is 32.3 Å². The predicted octanol–water partition coefficient (Wildman–Crippen LogP) is 5.44. The van der Waals surface area contributed by atoms with Gasteiger partial charge in [0, 0.05) is 12.8 Å². The van der Waals surface area contributed by atoms with E-state index >= 15 is 0 Å². The summed E-state index contributed by atoms with van der Waals surface area (Å²) >= 11 is 0. The molecular formula is C26H38O4. The van der Waals surface area contributed by atoms with Crippen LogP contribution in [0.5, 0.6) is 0 Å². The summed E-state index contributed by atoms with van der Waals surface area (Å²) in [5, 5.41) is 0. The smallest absolute Gasteiger partial charge is 0.306 e. The van der Waals surface area contributed by atoms with Crippen LogP contribution in [0.25, 0.3) is 0 Å². The third kappa shape index (κ3) is 3.80. The van der Waals surface area contributed by atoms with E-state index in [0.29, 0.717) is 42.3 Å². The first-order valence-electron chi connectivity index (χ1n) is 12.3. The van der Waals surface area contributed by atoms with E-state index in [1.54, 1.807) is 6.92 Å². The molecule has 0 aromatic carbocycles. The Bertz CT molecular complexity index is 737. The van der Waals surface area contributed by atoms with Gasteiger partial charge in [-0.05, 0) is 87.0 Å². The molecule has 7 atom stereocenters. The van der Waals surface area contributed by atoms with Gasteiger partial charge >= 0.3 is 5.97 Å². The average molecular weight is 415 g/mol. The summed E-state index contributed by atoms with van der Waals surface area (Å²) in [6, 6.07) is 0. The van der Waals surface area contributed by atoms with Crippen molar-refractivity contribution in [2.24, 2.45) is 35.0 Å². The Morgan fingerprint density at radius 2 is 1.93 bits per heavy atom. The highest BCUT2D eigenvalue weighted by atomic mass is 16.5. The number of ketones is 2. The molecule has 0 N–H and O–H groups in total. The number of rotatable bonds is 6. The zero-order valence-electron chi connectivity index (χ0n) is 19.0. The van der Waals surface area contributed by atoms with Crippen molar-refractivity contribution >= 4 is 17.5 Å². The van der Waals surface area contributed by atoms with Crippen molar-refractivity contribution in [2.75, 3.05) is 0 Å². The number of hydrogen-bond acceptors (Lipinski definition) is 4. The standard InChI is InChI=1S/C26H38O4/c1-4-5-6-7-24(29)30-23-15-22-21-10-8-17-14-18(28)9-11-19(17)20(21)12-13-26(22,3)25(23)16(2)27/h14,19-23,25H,4-13,15H2,1-3H3/t19?,20?,21?,22?,23-,25?,26?/m1/s1. The van der Waals surface area contributed by atoms with E-state index in [4.69, 9.17) is 4.74 Å². The Morgan fingerprint density at radius 3 is 2.67 bits per heavy atom. The van der Waals surface area contributed by atoms with Crippen molar-refractivity contribution in [1.82, 2.24) is 0 Å². The van der Waals surface area contributed by atoms with Gasteiger partial charge in [0.25, 0.3) is 0 Å². The second-order valence-electron chi connectivity index (χ2n) is 10.7. The molecule has 6 unspecified atom stereocenters. The normalized spacial score (nSPS) is 40.1. The molecule has 4 aliphatic rings. The van der Waals surface area contributed by atoms with Crippen LogP contribution in [-0.2, 0) is 19.1 Å². The van der Waals surface area contributed by atoms with E-state index in [-0.39, 0.29) is 29.2 Å². The number of allylic oxidation sites excluding steroid dienone is 1. The Hall–Kier alpha value is -1.45. The van der Waals surface area contributed by atoms with Gasteiger partial charge in [-0.2, -0.15) is 0 Å². The molecule has 0 radical (unpaired) electrons. The van der Waals surface area contributed by atoms with E-state index in [1.807, 2.05) is 6.08 Å². The predicted molar refractivity (Wildman–Crippen MR) is 116 cm³/mol. The lowest BCUT2D eigenvalue weighted by molar-refractivity contribution is -0.154. The highest BCUT2D eigenvalue weighted by Crippen LogP contribution is 2.64. The van der Waals surface area contributed by atoms with E-state index in [0.717, 1.165) is 57.8 Å². The summed E-state index contributed by atoms with van der Waals surface area (Å²) in [5.74, 6) is 2.40. The van der Waals surface area contributed by atoms with Crippen molar-refractivity contribution in [3.05, 3.63) is 11.6 Å². The Kier molecular flexibility index (Phi) is 6.23. The number of fused-ring (bicyclic) bond motifs is 5. The van der Waals surface area contributed by atoms with Crippen molar-refractivity contribution in [2.45, 2.75) is 97.5 Å². The van der Waals surface area contributed by atoms with Gasteiger partial charge in [-0.15, -0.1) is 0 Å². The van der Waals surface area contributed by atoms with E-state index in [2.05, 4.69) is 13.8 Å². The Balaban J connectivity index is 1.53. The maximum atomic E-state index is 12.7. The van der Waals surface area contributed by atoms with Crippen LogP contribution < -0.4 is 0 Å². The average Bonchev–Trinajstić information content (AvgIpc) is 2.99. The molecule has 0 bridgehead atoms.